The molecule has 1 saturated heterocycles. The molecule has 0 aliphatic carbocycles. The highest BCUT2D eigenvalue weighted by atomic mass is 32.1. The Balaban J connectivity index is 1.31. The molecule has 0 atom stereocenters. The van der Waals surface area contributed by atoms with Crippen molar-refractivity contribution in [1.29, 1.82) is 0 Å². The van der Waals surface area contributed by atoms with E-state index in [2.05, 4.69) is 78.5 Å². The summed E-state index contributed by atoms with van der Waals surface area (Å²) < 4.78 is 7.52. The van der Waals surface area contributed by atoms with Crippen LogP contribution in [0.5, 0.6) is 0 Å². The molecule has 7 heteroatoms. The molecule has 2 N–H and O–H groups in total. The van der Waals surface area contributed by atoms with Gasteiger partial charge in [-0.2, -0.15) is 11.3 Å². The van der Waals surface area contributed by atoms with E-state index in [9.17, 15) is 0 Å². The number of thiophene rings is 1. The molecule has 1 aromatic carbocycles. The van der Waals surface area contributed by atoms with E-state index in [0.29, 0.717) is 0 Å². The van der Waals surface area contributed by atoms with E-state index < -0.39 is 0 Å². The average molecular weight is 420 g/mol. The predicted octanol–water partition coefficient (Wildman–Crippen LogP) is 3.97. The fraction of sp³-hybridized carbons (Fsp3) is 0.261. The summed E-state index contributed by atoms with van der Waals surface area (Å²) in [6.07, 6.45) is 1.87. The first-order valence-electron chi connectivity index (χ1n) is 10.2. The molecule has 0 spiro atoms. The summed E-state index contributed by atoms with van der Waals surface area (Å²) >= 11 is 1.71. The van der Waals surface area contributed by atoms with E-state index in [-0.39, 0.29) is 0 Å². The first-order valence-corrected chi connectivity index (χ1v) is 11.1. The summed E-state index contributed by atoms with van der Waals surface area (Å²) in [6.45, 7) is 9.71. The van der Waals surface area contributed by atoms with Gasteiger partial charge in [-0.1, -0.05) is 18.7 Å². The van der Waals surface area contributed by atoms with Gasteiger partial charge in [-0.3, -0.25) is 9.47 Å². The zero-order valence-electron chi connectivity index (χ0n) is 16.8. The van der Waals surface area contributed by atoms with Gasteiger partial charge in [0.2, 0.25) is 0 Å². The standard InChI is InChI=1S/C23H25N5OS/c1-17(24-6-7-27-8-10-29-11-9-27)21-14-22-23(26-21)25-16-28(22)20-4-2-3-18(13-20)19-5-12-30-15-19/h2-5,12-16,24,26H,1,6-11H2. The molecule has 0 amide bonds. The fourth-order valence-corrected chi connectivity index (χ4v) is 4.47. The minimum atomic E-state index is 0.825. The lowest BCUT2D eigenvalue weighted by Crippen LogP contribution is -2.40. The third-order valence-electron chi connectivity index (χ3n) is 5.51. The van der Waals surface area contributed by atoms with Crippen LogP contribution in [0.25, 0.3) is 33.7 Å². The molecule has 4 aromatic rings. The van der Waals surface area contributed by atoms with Crippen LogP contribution in [0.4, 0.5) is 0 Å². The first kappa shape index (κ1) is 19.1. The third-order valence-corrected chi connectivity index (χ3v) is 6.20. The van der Waals surface area contributed by atoms with Gasteiger partial charge in [0.1, 0.15) is 6.33 Å². The monoisotopic (exact) mass is 419 g/mol. The topological polar surface area (TPSA) is 58.1 Å². The van der Waals surface area contributed by atoms with Gasteiger partial charge < -0.3 is 15.0 Å². The summed E-state index contributed by atoms with van der Waals surface area (Å²) in [5.41, 5.74) is 7.31. The average Bonchev–Trinajstić information content (AvgIpc) is 3.52. The zero-order chi connectivity index (χ0) is 20.3. The van der Waals surface area contributed by atoms with Crippen LogP contribution in [0, 0.1) is 0 Å². The fourth-order valence-electron chi connectivity index (χ4n) is 3.81. The number of ether oxygens (including phenoxy) is 1. The maximum absolute atomic E-state index is 5.40. The summed E-state index contributed by atoms with van der Waals surface area (Å²) in [6, 6.07) is 12.8. The molecule has 154 valence electrons. The predicted molar refractivity (Wildman–Crippen MR) is 123 cm³/mol. The van der Waals surface area contributed by atoms with Crippen LogP contribution in [0.3, 0.4) is 0 Å². The SMILES string of the molecule is C=C(NCCN1CCOCC1)c1cc2c(ncn2-c2cccc(-c3ccsc3)c2)[nH]1. The molecule has 0 unspecified atom stereocenters. The molecule has 4 heterocycles. The summed E-state index contributed by atoms with van der Waals surface area (Å²) in [5, 5.41) is 7.71. The first-order chi connectivity index (χ1) is 14.8. The Bertz CT molecular complexity index is 1140. The molecule has 6 nitrogen and oxygen atoms in total. The highest BCUT2D eigenvalue weighted by Crippen LogP contribution is 2.27. The number of benzene rings is 1. The molecule has 1 aliphatic rings. The lowest BCUT2D eigenvalue weighted by Gasteiger charge is -2.26. The Morgan fingerprint density at radius 1 is 1.20 bits per heavy atom. The number of morpholine rings is 1. The van der Waals surface area contributed by atoms with Crippen molar-refractivity contribution < 1.29 is 4.74 Å². The highest BCUT2D eigenvalue weighted by Gasteiger charge is 2.13. The number of nitrogens with zero attached hydrogens (tertiary/aromatic N) is 3. The van der Waals surface area contributed by atoms with E-state index in [4.69, 9.17) is 4.74 Å². The Morgan fingerprint density at radius 3 is 2.93 bits per heavy atom. The molecule has 3 aromatic heterocycles. The minimum absolute atomic E-state index is 0.825. The second-order valence-electron chi connectivity index (χ2n) is 7.45. The third kappa shape index (κ3) is 3.92. The molecule has 5 rings (SSSR count). The molecular formula is C23H25N5OS. The van der Waals surface area contributed by atoms with E-state index in [1.165, 1.54) is 11.1 Å². The maximum Gasteiger partial charge on any atom is 0.156 e. The quantitative estimate of drug-likeness (QED) is 0.476. The second-order valence-corrected chi connectivity index (χ2v) is 8.23. The van der Waals surface area contributed by atoms with Crippen molar-refractivity contribution in [1.82, 2.24) is 24.8 Å². The van der Waals surface area contributed by atoms with Crippen molar-refractivity contribution >= 4 is 28.2 Å². The van der Waals surface area contributed by atoms with Gasteiger partial charge in [-0.15, -0.1) is 0 Å². The van der Waals surface area contributed by atoms with Crippen molar-refractivity contribution in [3.8, 4) is 16.8 Å². The Labute approximate surface area is 179 Å². The molecular weight excluding hydrogens is 394 g/mol. The van der Waals surface area contributed by atoms with Crippen LogP contribution in [-0.2, 0) is 4.74 Å². The van der Waals surface area contributed by atoms with E-state index in [1.54, 1.807) is 11.3 Å². The second kappa shape index (κ2) is 8.47. The van der Waals surface area contributed by atoms with E-state index >= 15 is 0 Å². The van der Waals surface area contributed by atoms with Gasteiger partial charge in [0.25, 0.3) is 0 Å². The molecule has 1 aliphatic heterocycles. The molecule has 0 saturated carbocycles. The highest BCUT2D eigenvalue weighted by molar-refractivity contribution is 7.08. The van der Waals surface area contributed by atoms with Gasteiger partial charge in [-0.25, -0.2) is 4.98 Å². The Kier molecular flexibility index (Phi) is 5.40. The maximum atomic E-state index is 5.40. The number of H-pyrrole nitrogens is 1. The van der Waals surface area contributed by atoms with Crippen molar-refractivity contribution in [2.45, 2.75) is 0 Å². The smallest absolute Gasteiger partial charge is 0.156 e. The van der Waals surface area contributed by atoms with E-state index in [1.807, 2.05) is 6.33 Å². The summed E-state index contributed by atoms with van der Waals surface area (Å²) in [5.74, 6) is 0. The lowest BCUT2D eigenvalue weighted by atomic mass is 10.1. The Morgan fingerprint density at radius 2 is 2.10 bits per heavy atom. The largest absolute Gasteiger partial charge is 0.383 e. The van der Waals surface area contributed by atoms with Gasteiger partial charge in [0.05, 0.1) is 30.1 Å². The molecule has 1 fully saturated rings. The number of fused-ring (bicyclic) bond motifs is 1. The van der Waals surface area contributed by atoms with Gasteiger partial charge in [0, 0.05) is 31.9 Å². The molecule has 0 radical (unpaired) electrons. The van der Waals surface area contributed by atoms with Crippen molar-refractivity contribution in [3.63, 3.8) is 0 Å². The number of hydrogen-bond donors (Lipinski definition) is 2. The molecule has 0 bridgehead atoms. The van der Waals surface area contributed by atoms with E-state index in [0.717, 1.165) is 67.6 Å². The van der Waals surface area contributed by atoms with Crippen LogP contribution in [-0.4, -0.2) is 58.8 Å². The summed E-state index contributed by atoms with van der Waals surface area (Å²) in [7, 11) is 0. The van der Waals surface area contributed by atoms with Crippen LogP contribution >= 0.6 is 11.3 Å². The number of rotatable bonds is 7. The van der Waals surface area contributed by atoms with Crippen molar-refractivity contribution in [2.24, 2.45) is 0 Å². The van der Waals surface area contributed by atoms with Gasteiger partial charge in [-0.05, 0) is 46.2 Å². The Hall–Kier alpha value is -2.87. The zero-order valence-corrected chi connectivity index (χ0v) is 17.6. The summed E-state index contributed by atoms with van der Waals surface area (Å²) in [4.78, 5) is 10.4. The lowest BCUT2D eigenvalue weighted by molar-refractivity contribution is 0.0388. The number of aromatic nitrogens is 3. The van der Waals surface area contributed by atoms with Gasteiger partial charge >= 0.3 is 0 Å². The van der Waals surface area contributed by atoms with Crippen molar-refractivity contribution in [3.05, 3.63) is 65.8 Å². The van der Waals surface area contributed by atoms with Crippen LogP contribution in [0.2, 0.25) is 0 Å². The number of aromatic amines is 1. The number of nitrogens with one attached hydrogen (secondary N) is 2. The number of imidazole rings is 1. The number of hydrogen-bond acceptors (Lipinski definition) is 5. The minimum Gasteiger partial charge on any atom is -0.383 e. The molecule has 30 heavy (non-hydrogen) atoms. The van der Waals surface area contributed by atoms with Crippen LogP contribution < -0.4 is 5.32 Å². The van der Waals surface area contributed by atoms with Crippen molar-refractivity contribution in [2.75, 3.05) is 39.4 Å². The normalized spacial score (nSPS) is 14.9. The van der Waals surface area contributed by atoms with Gasteiger partial charge in [0.15, 0.2) is 5.65 Å². The van der Waals surface area contributed by atoms with Crippen LogP contribution in [0.15, 0.2) is 60.1 Å². The van der Waals surface area contributed by atoms with Crippen LogP contribution in [0.1, 0.15) is 5.69 Å².